The predicted octanol–water partition coefficient (Wildman–Crippen LogP) is 1.80. The van der Waals surface area contributed by atoms with E-state index in [2.05, 4.69) is 19.2 Å². The Balaban J connectivity index is 2.38. The van der Waals surface area contributed by atoms with E-state index in [4.69, 9.17) is 0 Å². The second-order valence-corrected chi connectivity index (χ2v) is 3.99. The van der Waals surface area contributed by atoms with Gasteiger partial charge in [-0.05, 0) is 31.6 Å². The standard InChI is InChI=1S/C10H19NO/c1-4-11-10(12)9-6-5-8(9)7(2)3/h7-9H,4-6H2,1-3H3,(H,11,12)/t8-,9+/m0/s1. The second-order valence-electron chi connectivity index (χ2n) is 3.99. The third-order valence-electron chi connectivity index (χ3n) is 2.87. The summed E-state index contributed by atoms with van der Waals surface area (Å²) in [5.41, 5.74) is 0. The Labute approximate surface area is 74.7 Å². The van der Waals surface area contributed by atoms with E-state index in [9.17, 15) is 4.79 Å². The van der Waals surface area contributed by atoms with Crippen LogP contribution in [-0.2, 0) is 4.79 Å². The molecule has 0 bridgehead atoms. The molecule has 1 aliphatic rings. The summed E-state index contributed by atoms with van der Waals surface area (Å²) in [5, 5.41) is 2.89. The molecular weight excluding hydrogens is 150 g/mol. The molecule has 1 amide bonds. The Morgan fingerprint density at radius 2 is 2.17 bits per heavy atom. The van der Waals surface area contributed by atoms with Crippen molar-refractivity contribution in [3.63, 3.8) is 0 Å². The van der Waals surface area contributed by atoms with Crippen molar-refractivity contribution >= 4 is 5.91 Å². The molecule has 0 aromatic heterocycles. The number of amides is 1. The van der Waals surface area contributed by atoms with Crippen LogP contribution in [0.25, 0.3) is 0 Å². The Morgan fingerprint density at radius 1 is 1.50 bits per heavy atom. The van der Waals surface area contributed by atoms with Crippen LogP contribution in [0.3, 0.4) is 0 Å². The molecular formula is C10H19NO. The molecule has 12 heavy (non-hydrogen) atoms. The van der Waals surface area contributed by atoms with Crippen LogP contribution in [0.1, 0.15) is 33.6 Å². The Hall–Kier alpha value is -0.530. The maximum Gasteiger partial charge on any atom is 0.223 e. The first-order valence-electron chi connectivity index (χ1n) is 4.94. The first-order chi connectivity index (χ1) is 5.66. The second kappa shape index (κ2) is 3.92. The third-order valence-corrected chi connectivity index (χ3v) is 2.87. The topological polar surface area (TPSA) is 29.1 Å². The van der Waals surface area contributed by atoms with E-state index in [1.165, 1.54) is 6.42 Å². The third kappa shape index (κ3) is 1.79. The molecule has 0 heterocycles. The van der Waals surface area contributed by atoms with E-state index in [-0.39, 0.29) is 5.91 Å². The van der Waals surface area contributed by atoms with Gasteiger partial charge in [0.2, 0.25) is 5.91 Å². The molecule has 0 saturated heterocycles. The lowest BCUT2D eigenvalue weighted by Gasteiger charge is -2.38. The van der Waals surface area contributed by atoms with Crippen LogP contribution in [0.15, 0.2) is 0 Å². The highest BCUT2D eigenvalue weighted by atomic mass is 16.1. The summed E-state index contributed by atoms with van der Waals surface area (Å²) in [4.78, 5) is 11.4. The average molecular weight is 169 g/mol. The van der Waals surface area contributed by atoms with Crippen LogP contribution in [0, 0.1) is 17.8 Å². The van der Waals surface area contributed by atoms with Gasteiger partial charge in [0.25, 0.3) is 0 Å². The van der Waals surface area contributed by atoms with Crippen LogP contribution < -0.4 is 5.32 Å². The quantitative estimate of drug-likeness (QED) is 0.686. The van der Waals surface area contributed by atoms with E-state index in [0.29, 0.717) is 17.8 Å². The highest BCUT2D eigenvalue weighted by Gasteiger charge is 2.37. The van der Waals surface area contributed by atoms with Crippen molar-refractivity contribution in [2.45, 2.75) is 33.6 Å². The summed E-state index contributed by atoms with van der Waals surface area (Å²) in [6.07, 6.45) is 2.33. The molecule has 0 spiro atoms. The average Bonchev–Trinajstić information content (AvgIpc) is 1.82. The molecule has 0 aromatic carbocycles. The van der Waals surface area contributed by atoms with Crippen molar-refractivity contribution in [2.24, 2.45) is 17.8 Å². The fourth-order valence-corrected chi connectivity index (χ4v) is 1.95. The SMILES string of the molecule is CCNC(=O)[C@@H]1CC[C@H]1C(C)C. The normalized spacial score (nSPS) is 28.3. The molecule has 2 atom stereocenters. The number of carbonyl (C=O) groups excluding carboxylic acids is 1. The highest BCUT2D eigenvalue weighted by molar-refractivity contribution is 5.79. The molecule has 2 nitrogen and oxygen atoms in total. The summed E-state index contributed by atoms with van der Waals surface area (Å²) < 4.78 is 0. The van der Waals surface area contributed by atoms with Gasteiger partial charge in [-0.1, -0.05) is 13.8 Å². The molecule has 0 unspecified atom stereocenters. The molecule has 0 radical (unpaired) electrons. The van der Waals surface area contributed by atoms with Gasteiger partial charge in [0.05, 0.1) is 0 Å². The molecule has 0 aromatic rings. The predicted molar refractivity (Wildman–Crippen MR) is 49.7 cm³/mol. The summed E-state index contributed by atoms with van der Waals surface area (Å²) in [6.45, 7) is 7.15. The Kier molecular flexibility index (Phi) is 3.12. The number of hydrogen-bond donors (Lipinski definition) is 1. The van der Waals surface area contributed by atoms with Gasteiger partial charge in [0, 0.05) is 12.5 Å². The lowest BCUT2D eigenvalue weighted by Crippen LogP contribution is -2.42. The van der Waals surface area contributed by atoms with E-state index in [1.54, 1.807) is 0 Å². The summed E-state index contributed by atoms with van der Waals surface area (Å²) in [5.74, 6) is 1.87. The van der Waals surface area contributed by atoms with Crippen molar-refractivity contribution in [3.05, 3.63) is 0 Å². The monoisotopic (exact) mass is 169 g/mol. The minimum absolute atomic E-state index is 0.266. The first kappa shape index (κ1) is 9.56. The zero-order valence-corrected chi connectivity index (χ0v) is 8.26. The maximum atomic E-state index is 11.4. The highest BCUT2D eigenvalue weighted by Crippen LogP contribution is 2.39. The molecule has 1 fully saturated rings. The molecule has 1 aliphatic carbocycles. The van der Waals surface area contributed by atoms with Gasteiger partial charge in [0.15, 0.2) is 0 Å². The molecule has 2 heteroatoms. The fourth-order valence-electron chi connectivity index (χ4n) is 1.95. The number of rotatable bonds is 3. The number of carbonyl (C=O) groups is 1. The van der Waals surface area contributed by atoms with Crippen molar-refractivity contribution in [1.29, 1.82) is 0 Å². The van der Waals surface area contributed by atoms with E-state index in [1.807, 2.05) is 6.92 Å². The largest absolute Gasteiger partial charge is 0.356 e. The summed E-state index contributed by atoms with van der Waals surface area (Å²) in [7, 11) is 0. The minimum atomic E-state index is 0.266. The fraction of sp³-hybridized carbons (Fsp3) is 0.900. The zero-order chi connectivity index (χ0) is 9.14. The van der Waals surface area contributed by atoms with Crippen LogP contribution in [-0.4, -0.2) is 12.5 Å². The lowest BCUT2D eigenvalue weighted by atomic mass is 9.67. The van der Waals surface area contributed by atoms with Crippen LogP contribution in [0.2, 0.25) is 0 Å². The maximum absolute atomic E-state index is 11.4. The zero-order valence-electron chi connectivity index (χ0n) is 8.26. The van der Waals surface area contributed by atoms with Crippen LogP contribution in [0.5, 0.6) is 0 Å². The minimum Gasteiger partial charge on any atom is -0.356 e. The van der Waals surface area contributed by atoms with Gasteiger partial charge in [-0.3, -0.25) is 4.79 Å². The lowest BCUT2D eigenvalue weighted by molar-refractivity contribution is -0.131. The smallest absolute Gasteiger partial charge is 0.223 e. The molecule has 1 rings (SSSR count). The van der Waals surface area contributed by atoms with Crippen molar-refractivity contribution < 1.29 is 4.79 Å². The van der Waals surface area contributed by atoms with Gasteiger partial charge < -0.3 is 5.32 Å². The van der Waals surface area contributed by atoms with Crippen LogP contribution in [0.4, 0.5) is 0 Å². The van der Waals surface area contributed by atoms with E-state index >= 15 is 0 Å². The van der Waals surface area contributed by atoms with Gasteiger partial charge in [-0.2, -0.15) is 0 Å². The molecule has 1 N–H and O–H groups in total. The molecule has 1 saturated carbocycles. The first-order valence-corrected chi connectivity index (χ1v) is 4.94. The summed E-state index contributed by atoms with van der Waals surface area (Å²) in [6, 6.07) is 0. The van der Waals surface area contributed by atoms with Gasteiger partial charge >= 0.3 is 0 Å². The van der Waals surface area contributed by atoms with Gasteiger partial charge in [-0.15, -0.1) is 0 Å². The van der Waals surface area contributed by atoms with Crippen LogP contribution >= 0.6 is 0 Å². The van der Waals surface area contributed by atoms with Crippen molar-refractivity contribution in [1.82, 2.24) is 5.32 Å². The van der Waals surface area contributed by atoms with Crippen molar-refractivity contribution in [2.75, 3.05) is 6.54 Å². The number of nitrogens with one attached hydrogen (secondary N) is 1. The number of hydrogen-bond acceptors (Lipinski definition) is 1. The Bertz CT molecular complexity index is 165. The molecule has 0 aliphatic heterocycles. The van der Waals surface area contributed by atoms with E-state index in [0.717, 1.165) is 13.0 Å². The van der Waals surface area contributed by atoms with Crippen molar-refractivity contribution in [3.8, 4) is 0 Å². The summed E-state index contributed by atoms with van der Waals surface area (Å²) >= 11 is 0. The molecule has 70 valence electrons. The Morgan fingerprint density at radius 3 is 2.50 bits per heavy atom. The van der Waals surface area contributed by atoms with Gasteiger partial charge in [0.1, 0.15) is 0 Å². The van der Waals surface area contributed by atoms with E-state index < -0.39 is 0 Å². The van der Waals surface area contributed by atoms with Gasteiger partial charge in [-0.25, -0.2) is 0 Å².